The molecule has 0 bridgehead atoms. The molecule has 2 saturated heterocycles. The lowest BCUT2D eigenvalue weighted by atomic mass is 9.89. The van der Waals surface area contributed by atoms with E-state index in [-0.39, 0.29) is 23.8 Å². The van der Waals surface area contributed by atoms with E-state index in [0.29, 0.717) is 46.1 Å². The Kier molecular flexibility index (Phi) is 12.8. The SMILES string of the molecule is CCC1C(=O)OCC1Cc1c[n+](CCOCCOCCOC(=O)CCCCC2CCSS2)cn1C. The molecule has 0 aromatic carbocycles. The average molecular weight is 530 g/mol. The van der Waals surface area contributed by atoms with Crippen LogP contribution >= 0.6 is 21.6 Å². The lowest BCUT2D eigenvalue weighted by Gasteiger charge is -2.10. The van der Waals surface area contributed by atoms with Crippen LogP contribution in [0.4, 0.5) is 0 Å². The molecule has 3 rings (SSSR count). The van der Waals surface area contributed by atoms with Crippen LogP contribution in [-0.2, 0) is 48.5 Å². The summed E-state index contributed by atoms with van der Waals surface area (Å²) in [5, 5.41) is 0.772. The monoisotopic (exact) mass is 529 g/mol. The minimum absolute atomic E-state index is 0.00930. The molecular formula is C25H41N2O6S2+. The van der Waals surface area contributed by atoms with Gasteiger partial charge < -0.3 is 18.9 Å². The molecule has 0 aliphatic carbocycles. The molecule has 3 heterocycles. The highest BCUT2D eigenvalue weighted by atomic mass is 33.1. The van der Waals surface area contributed by atoms with Gasteiger partial charge in [0.05, 0.1) is 46.0 Å². The van der Waals surface area contributed by atoms with Crippen LogP contribution in [0.2, 0.25) is 0 Å². The van der Waals surface area contributed by atoms with Crippen LogP contribution in [0.5, 0.6) is 0 Å². The number of aryl methyl sites for hydroxylation is 1. The van der Waals surface area contributed by atoms with Crippen LogP contribution in [-0.4, -0.2) is 67.1 Å². The first kappa shape index (κ1) is 28.3. The third-order valence-corrected chi connectivity index (χ3v) is 9.56. The van der Waals surface area contributed by atoms with Gasteiger partial charge in [-0.15, -0.1) is 0 Å². The molecule has 0 N–H and O–H groups in total. The predicted molar refractivity (Wildman–Crippen MR) is 137 cm³/mol. The molecular weight excluding hydrogens is 488 g/mol. The molecule has 8 nitrogen and oxygen atoms in total. The van der Waals surface area contributed by atoms with Crippen molar-refractivity contribution in [3.05, 3.63) is 18.2 Å². The predicted octanol–water partition coefficient (Wildman–Crippen LogP) is 3.34. The summed E-state index contributed by atoms with van der Waals surface area (Å²) in [6.45, 7) is 5.58. The fourth-order valence-corrected chi connectivity index (χ4v) is 7.52. The summed E-state index contributed by atoms with van der Waals surface area (Å²) in [5.41, 5.74) is 1.19. The first-order chi connectivity index (χ1) is 17.1. The Balaban J connectivity index is 1.15. The molecule has 2 aliphatic rings. The van der Waals surface area contributed by atoms with Crippen molar-refractivity contribution in [1.82, 2.24) is 4.57 Å². The Morgan fingerprint density at radius 1 is 1.20 bits per heavy atom. The third-order valence-electron chi connectivity index (χ3n) is 6.55. The number of carbonyl (C=O) groups excluding carboxylic acids is 2. The quantitative estimate of drug-likeness (QED) is 0.132. The topological polar surface area (TPSA) is 79.9 Å². The zero-order valence-corrected chi connectivity index (χ0v) is 22.8. The van der Waals surface area contributed by atoms with E-state index in [2.05, 4.69) is 21.7 Å². The number of hydrogen-bond acceptors (Lipinski definition) is 8. The Labute approximate surface area is 217 Å². The molecule has 0 spiro atoms. The van der Waals surface area contributed by atoms with Crippen molar-refractivity contribution in [3.63, 3.8) is 0 Å². The minimum Gasteiger partial charge on any atom is -0.465 e. The first-order valence-corrected chi connectivity index (χ1v) is 15.2. The second-order valence-corrected chi connectivity index (χ2v) is 12.0. The van der Waals surface area contributed by atoms with Gasteiger partial charge in [-0.25, -0.2) is 9.13 Å². The van der Waals surface area contributed by atoms with Gasteiger partial charge in [0.1, 0.15) is 25.0 Å². The number of cyclic esters (lactones) is 1. The van der Waals surface area contributed by atoms with Crippen molar-refractivity contribution in [2.75, 3.05) is 45.4 Å². The van der Waals surface area contributed by atoms with Gasteiger partial charge >= 0.3 is 11.9 Å². The van der Waals surface area contributed by atoms with E-state index < -0.39 is 0 Å². The van der Waals surface area contributed by atoms with Gasteiger partial charge in [0.15, 0.2) is 0 Å². The molecule has 0 radical (unpaired) electrons. The first-order valence-electron chi connectivity index (χ1n) is 12.9. The van der Waals surface area contributed by atoms with Crippen LogP contribution in [0.25, 0.3) is 0 Å². The lowest BCUT2D eigenvalue weighted by molar-refractivity contribution is -0.698. The highest BCUT2D eigenvalue weighted by molar-refractivity contribution is 8.77. The van der Waals surface area contributed by atoms with Crippen LogP contribution in [0.1, 0.15) is 51.1 Å². The van der Waals surface area contributed by atoms with Crippen LogP contribution < -0.4 is 4.57 Å². The lowest BCUT2D eigenvalue weighted by Crippen LogP contribution is -2.34. The van der Waals surface area contributed by atoms with E-state index >= 15 is 0 Å². The summed E-state index contributed by atoms with van der Waals surface area (Å²) < 4.78 is 25.9. The number of nitrogens with zero attached hydrogens (tertiary/aromatic N) is 2. The summed E-state index contributed by atoms with van der Waals surface area (Å²) in [4.78, 5) is 23.6. The van der Waals surface area contributed by atoms with Gasteiger partial charge in [-0.1, -0.05) is 34.9 Å². The van der Waals surface area contributed by atoms with Gasteiger partial charge in [-0.3, -0.25) is 9.59 Å². The maximum absolute atomic E-state index is 11.8. The number of rotatable bonds is 17. The van der Waals surface area contributed by atoms with Gasteiger partial charge in [-0.05, 0) is 25.7 Å². The summed E-state index contributed by atoms with van der Waals surface area (Å²) in [5.74, 6) is 1.33. The standard InChI is InChI=1S/C25H41N2O6S2/c1-3-23-20(18-33-25(23)29)16-21-17-27(19-26(21)2)9-10-30-11-12-31-13-14-32-24(28)7-5-4-6-22-8-15-34-35-22/h17,19-20,22-23H,3-16,18H2,1-2H3/q+1. The van der Waals surface area contributed by atoms with Crippen LogP contribution in [0.3, 0.4) is 0 Å². The average Bonchev–Trinajstić information content (AvgIpc) is 3.57. The maximum Gasteiger partial charge on any atom is 0.309 e. The van der Waals surface area contributed by atoms with Crippen molar-refractivity contribution in [3.8, 4) is 0 Å². The smallest absolute Gasteiger partial charge is 0.309 e. The largest absolute Gasteiger partial charge is 0.465 e. The fraction of sp³-hybridized carbons (Fsp3) is 0.800. The summed E-state index contributed by atoms with van der Waals surface area (Å²) in [7, 11) is 5.98. The Morgan fingerprint density at radius 3 is 2.77 bits per heavy atom. The molecule has 198 valence electrons. The molecule has 3 unspecified atom stereocenters. The number of imidazole rings is 1. The van der Waals surface area contributed by atoms with Crippen molar-refractivity contribution in [2.45, 2.75) is 63.7 Å². The van der Waals surface area contributed by atoms with Gasteiger partial charge in [0.2, 0.25) is 6.33 Å². The zero-order valence-electron chi connectivity index (χ0n) is 21.2. The molecule has 35 heavy (non-hydrogen) atoms. The fourth-order valence-electron chi connectivity index (χ4n) is 4.49. The second kappa shape index (κ2) is 15.8. The Hall–Kier alpha value is -1.23. The van der Waals surface area contributed by atoms with Gasteiger partial charge in [-0.2, -0.15) is 0 Å². The summed E-state index contributed by atoms with van der Waals surface area (Å²) in [6, 6.07) is 0. The van der Waals surface area contributed by atoms with Crippen molar-refractivity contribution in [2.24, 2.45) is 18.9 Å². The van der Waals surface area contributed by atoms with Crippen LogP contribution in [0, 0.1) is 11.8 Å². The zero-order chi connectivity index (χ0) is 24.9. The van der Waals surface area contributed by atoms with E-state index in [1.54, 1.807) is 0 Å². The number of aromatic nitrogens is 2. The van der Waals surface area contributed by atoms with Gasteiger partial charge in [0, 0.05) is 29.8 Å². The Bertz CT molecular complexity index is 784. The van der Waals surface area contributed by atoms with Crippen molar-refractivity contribution < 1.29 is 33.1 Å². The molecule has 3 atom stereocenters. The van der Waals surface area contributed by atoms with E-state index in [4.69, 9.17) is 18.9 Å². The highest BCUT2D eigenvalue weighted by Gasteiger charge is 2.36. The number of esters is 2. The Morgan fingerprint density at radius 2 is 2.00 bits per heavy atom. The molecule has 2 fully saturated rings. The highest BCUT2D eigenvalue weighted by Crippen LogP contribution is 2.39. The number of hydrogen-bond donors (Lipinski definition) is 0. The molecule has 0 saturated carbocycles. The molecule has 1 aromatic rings. The van der Waals surface area contributed by atoms with Crippen molar-refractivity contribution >= 4 is 33.5 Å². The van der Waals surface area contributed by atoms with E-state index in [1.165, 1.54) is 24.3 Å². The number of ether oxygens (including phenoxy) is 4. The molecule has 2 aliphatic heterocycles. The van der Waals surface area contributed by atoms with Gasteiger partial charge in [0.25, 0.3) is 0 Å². The minimum atomic E-state index is -0.130. The van der Waals surface area contributed by atoms with Crippen LogP contribution in [0.15, 0.2) is 12.5 Å². The van der Waals surface area contributed by atoms with E-state index in [0.717, 1.165) is 37.5 Å². The molecule has 0 amide bonds. The third kappa shape index (κ3) is 9.98. The summed E-state index contributed by atoms with van der Waals surface area (Å²) in [6.07, 6.45) is 10.8. The van der Waals surface area contributed by atoms with E-state index in [1.807, 2.05) is 35.6 Å². The number of unbranched alkanes of at least 4 members (excludes halogenated alkanes) is 1. The molecule has 10 heteroatoms. The van der Waals surface area contributed by atoms with Crippen molar-refractivity contribution in [1.29, 1.82) is 0 Å². The maximum atomic E-state index is 11.8. The normalized spacial score (nSPS) is 22.0. The second-order valence-electron chi connectivity index (χ2n) is 9.21. The summed E-state index contributed by atoms with van der Waals surface area (Å²) >= 11 is 0. The number of carbonyl (C=O) groups is 2. The van der Waals surface area contributed by atoms with E-state index in [9.17, 15) is 9.59 Å². The molecule has 1 aromatic heterocycles.